The Kier molecular flexibility index (Phi) is 7.24. The number of fused-ring (bicyclic) bond motifs is 11. The van der Waals surface area contributed by atoms with Gasteiger partial charge in [0.05, 0.1) is 50.2 Å². The van der Waals surface area contributed by atoms with Gasteiger partial charge in [-0.2, -0.15) is 0 Å². The Morgan fingerprint density at radius 3 is 1.43 bits per heavy atom. The molecule has 9 aromatic carbocycles. The van der Waals surface area contributed by atoms with Crippen LogP contribution in [0.15, 0.2) is 212 Å². The molecule has 0 bridgehead atoms. The first-order valence-electron chi connectivity index (χ1n) is 20.8. The summed E-state index contributed by atoms with van der Waals surface area (Å²) >= 11 is 0. The molecule has 0 spiro atoms. The van der Waals surface area contributed by atoms with Crippen molar-refractivity contribution >= 4 is 76.2 Å². The summed E-state index contributed by atoms with van der Waals surface area (Å²) in [5, 5.41) is 9.74. The molecule has 61 heavy (non-hydrogen) atoms. The highest BCUT2D eigenvalue weighted by atomic mass is 15.2. The second kappa shape index (κ2) is 13.1. The van der Waals surface area contributed by atoms with E-state index in [4.69, 9.17) is 9.97 Å². The lowest BCUT2D eigenvalue weighted by Crippen LogP contribution is -2.04. The first-order valence-corrected chi connectivity index (χ1v) is 20.8. The number of aromatic nitrogens is 5. The molecular formula is C56H35N5. The fourth-order valence-electron chi connectivity index (χ4n) is 9.82. The highest BCUT2D eigenvalue weighted by Crippen LogP contribution is 2.44. The predicted molar refractivity (Wildman–Crippen MR) is 253 cm³/mol. The minimum absolute atomic E-state index is 0.640. The van der Waals surface area contributed by atoms with E-state index in [-0.39, 0.29) is 0 Å². The molecule has 4 heterocycles. The van der Waals surface area contributed by atoms with Crippen molar-refractivity contribution in [2.75, 3.05) is 0 Å². The number of para-hydroxylation sites is 3. The first kappa shape index (κ1) is 33.7. The van der Waals surface area contributed by atoms with Crippen molar-refractivity contribution in [3.8, 4) is 39.8 Å². The fraction of sp³-hybridized carbons (Fsp3) is 0. The van der Waals surface area contributed by atoms with Gasteiger partial charge < -0.3 is 9.13 Å². The van der Waals surface area contributed by atoms with Gasteiger partial charge in [0.25, 0.3) is 0 Å². The maximum absolute atomic E-state index is 5.27. The average molecular weight is 778 g/mol. The highest BCUT2D eigenvalue weighted by molar-refractivity contribution is 6.29. The zero-order chi connectivity index (χ0) is 40.0. The van der Waals surface area contributed by atoms with Gasteiger partial charge in [-0.3, -0.25) is 4.57 Å². The number of hydrogen-bond donors (Lipinski definition) is 0. The molecule has 4 aromatic heterocycles. The number of nitrogens with zero attached hydrogens (tertiary/aromatic N) is 5. The van der Waals surface area contributed by atoms with Gasteiger partial charge in [-0.25, -0.2) is 9.97 Å². The van der Waals surface area contributed by atoms with E-state index in [1.807, 2.05) is 12.1 Å². The molecule has 0 aliphatic heterocycles. The van der Waals surface area contributed by atoms with Gasteiger partial charge in [0.15, 0.2) is 0 Å². The lowest BCUT2D eigenvalue weighted by molar-refractivity contribution is 0.995. The van der Waals surface area contributed by atoms with Crippen LogP contribution < -0.4 is 0 Å². The summed E-state index contributed by atoms with van der Waals surface area (Å²) in [6, 6.07) is 76.0. The third-order valence-corrected chi connectivity index (χ3v) is 12.4. The predicted octanol–water partition coefficient (Wildman–Crippen LogP) is 14.3. The molecule has 5 nitrogen and oxygen atoms in total. The summed E-state index contributed by atoms with van der Waals surface area (Å²) in [6.45, 7) is 0. The Morgan fingerprint density at radius 2 is 0.770 bits per heavy atom. The van der Waals surface area contributed by atoms with E-state index in [9.17, 15) is 0 Å². The molecule has 0 atom stereocenters. The van der Waals surface area contributed by atoms with Crippen LogP contribution in [0.1, 0.15) is 0 Å². The van der Waals surface area contributed by atoms with Gasteiger partial charge in [0, 0.05) is 54.5 Å². The van der Waals surface area contributed by atoms with E-state index >= 15 is 0 Å². The first-order chi connectivity index (χ1) is 30.3. The van der Waals surface area contributed by atoms with Gasteiger partial charge in [-0.05, 0) is 66.0 Å². The van der Waals surface area contributed by atoms with E-state index in [2.05, 4.69) is 214 Å². The van der Waals surface area contributed by atoms with Crippen molar-refractivity contribution in [3.05, 3.63) is 212 Å². The van der Waals surface area contributed by atoms with E-state index in [1.165, 1.54) is 60.1 Å². The fourth-order valence-corrected chi connectivity index (χ4v) is 9.82. The van der Waals surface area contributed by atoms with Crippen LogP contribution in [-0.2, 0) is 0 Å². The van der Waals surface area contributed by atoms with Crippen molar-refractivity contribution in [3.63, 3.8) is 0 Å². The van der Waals surface area contributed by atoms with Gasteiger partial charge >= 0.3 is 0 Å². The molecule has 0 N–H and O–H groups in total. The molecule has 5 heteroatoms. The zero-order valence-electron chi connectivity index (χ0n) is 32.9. The quantitative estimate of drug-likeness (QED) is 0.175. The molecule has 0 amide bonds. The van der Waals surface area contributed by atoms with Crippen LogP contribution in [0.25, 0.3) is 116 Å². The number of rotatable bonds is 5. The Balaban J connectivity index is 1.07. The maximum atomic E-state index is 5.27. The lowest BCUT2D eigenvalue weighted by Gasteiger charge is -2.12. The van der Waals surface area contributed by atoms with Crippen LogP contribution in [0.5, 0.6) is 0 Å². The van der Waals surface area contributed by atoms with Crippen LogP contribution in [0.2, 0.25) is 0 Å². The lowest BCUT2D eigenvalue weighted by atomic mass is 10.1. The monoisotopic (exact) mass is 777 g/mol. The van der Waals surface area contributed by atoms with Crippen LogP contribution in [0.4, 0.5) is 0 Å². The highest BCUT2D eigenvalue weighted by Gasteiger charge is 2.23. The number of benzene rings is 9. The molecule has 0 radical (unpaired) electrons. The number of hydrogen-bond acceptors (Lipinski definition) is 2. The van der Waals surface area contributed by atoms with E-state index in [0.717, 1.165) is 50.0 Å². The van der Waals surface area contributed by atoms with Crippen LogP contribution in [0, 0.1) is 0 Å². The standard InChI is InChI=1S/C56H35N5/c1-3-17-37(18-4-1)45-35-46(38-19-5-2-6-20-38)58-56(57-45)61-48-26-12-9-23-41(48)44-34-39(30-31-51(44)61)59-49-27-13-10-24-42(49)54-52(59)32-33-53-55(54)43-25-11-14-28-50(43)60(53)47-29-15-21-36-16-7-8-22-40(36)47/h1-35H. The third kappa shape index (κ3) is 5.01. The minimum Gasteiger partial charge on any atom is -0.309 e. The third-order valence-electron chi connectivity index (χ3n) is 12.4. The maximum Gasteiger partial charge on any atom is 0.235 e. The zero-order valence-corrected chi connectivity index (χ0v) is 32.9. The SMILES string of the molecule is c1ccc(-c2cc(-c3ccccc3)nc(-n3c4ccccc4c4cc(-n5c6ccccc6c6c7c8ccccc8n(-c8cccc9ccccc89)c7ccc65)ccc43)n2)cc1. The molecule has 13 aromatic rings. The van der Waals surface area contributed by atoms with Crippen LogP contribution in [0.3, 0.4) is 0 Å². The van der Waals surface area contributed by atoms with Crippen molar-refractivity contribution in [2.45, 2.75) is 0 Å². The van der Waals surface area contributed by atoms with E-state index < -0.39 is 0 Å². The molecule has 0 saturated heterocycles. The van der Waals surface area contributed by atoms with Gasteiger partial charge in [0.2, 0.25) is 5.95 Å². The second-order valence-corrected chi connectivity index (χ2v) is 15.8. The van der Waals surface area contributed by atoms with Gasteiger partial charge in [-0.15, -0.1) is 0 Å². The summed E-state index contributed by atoms with van der Waals surface area (Å²) in [4.78, 5) is 10.5. The Hall–Kier alpha value is -8.28. The molecule has 0 fully saturated rings. The van der Waals surface area contributed by atoms with Crippen molar-refractivity contribution in [1.82, 2.24) is 23.7 Å². The second-order valence-electron chi connectivity index (χ2n) is 15.8. The topological polar surface area (TPSA) is 40.6 Å². The minimum atomic E-state index is 0.640. The van der Waals surface area contributed by atoms with Crippen LogP contribution in [-0.4, -0.2) is 23.7 Å². The molecule has 0 aliphatic carbocycles. The molecule has 13 rings (SSSR count). The molecule has 0 unspecified atom stereocenters. The smallest absolute Gasteiger partial charge is 0.235 e. The van der Waals surface area contributed by atoms with E-state index in [1.54, 1.807) is 0 Å². The Labute approximate surface area is 350 Å². The van der Waals surface area contributed by atoms with E-state index in [0.29, 0.717) is 5.95 Å². The van der Waals surface area contributed by atoms with Crippen molar-refractivity contribution < 1.29 is 0 Å². The summed E-state index contributed by atoms with van der Waals surface area (Å²) < 4.78 is 7.13. The summed E-state index contributed by atoms with van der Waals surface area (Å²) in [5.41, 5.74) is 13.0. The molecule has 0 aliphatic rings. The summed E-state index contributed by atoms with van der Waals surface area (Å²) in [5.74, 6) is 0.640. The molecule has 284 valence electrons. The summed E-state index contributed by atoms with van der Waals surface area (Å²) in [6.07, 6.45) is 0. The summed E-state index contributed by atoms with van der Waals surface area (Å²) in [7, 11) is 0. The van der Waals surface area contributed by atoms with Crippen molar-refractivity contribution in [2.24, 2.45) is 0 Å². The van der Waals surface area contributed by atoms with Crippen molar-refractivity contribution in [1.29, 1.82) is 0 Å². The molecular weight excluding hydrogens is 743 g/mol. The largest absolute Gasteiger partial charge is 0.309 e. The Bertz CT molecular complexity index is 3810. The normalized spacial score (nSPS) is 11.9. The van der Waals surface area contributed by atoms with Gasteiger partial charge in [0.1, 0.15) is 0 Å². The average Bonchev–Trinajstić information content (AvgIpc) is 3.97. The Morgan fingerprint density at radius 1 is 0.295 bits per heavy atom. The molecule has 0 saturated carbocycles. The van der Waals surface area contributed by atoms with Crippen LogP contribution >= 0.6 is 0 Å². The van der Waals surface area contributed by atoms with Gasteiger partial charge in [-0.1, -0.05) is 152 Å².